The van der Waals surface area contributed by atoms with E-state index in [0.29, 0.717) is 0 Å². The van der Waals surface area contributed by atoms with Gasteiger partial charge in [0.1, 0.15) is 0 Å². The monoisotopic (exact) mass is 383 g/mol. The molecule has 1 aromatic rings. The lowest BCUT2D eigenvalue weighted by molar-refractivity contribution is -0.115. The second-order valence-corrected chi connectivity index (χ2v) is 6.59. The van der Waals surface area contributed by atoms with Gasteiger partial charge in [-0.05, 0) is 50.5 Å². The number of benzene rings is 1. The Hall–Kier alpha value is -1.60. The number of urea groups is 1. The Bertz CT molecular complexity index is 574. The molecule has 2 atom stereocenters. The van der Waals surface area contributed by atoms with Gasteiger partial charge in [-0.15, -0.1) is 0 Å². The standard InChI is InChI=1S/C16H22BrN3O3/c1-10-8-12(17)5-6-13(10)20-15(21)9-18-16(22)19-11(2)14-4-3-7-23-14/h5-6,8,11,14H,3-4,7,9H2,1-2H3,(H,20,21)(H2,18,19,22)/t11-,14+/m1/s1. The van der Waals surface area contributed by atoms with Crippen molar-refractivity contribution in [2.24, 2.45) is 0 Å². The smallest absolute Gasteiger partial charge is 0.315 e. The molecule has 0 radical (unpaired) electrons. The summed E-state index contributed by atoms with van der Waals surface area (Å²) < 4.78 is 6.47. The molecular formula is C16H22BrN3O3. The van der Waals surface area contributed by atoms with Crippen LogP contribution in [0.2, 0.25) is 0 Å². The Morgan fingerprint density at radius 2 is 2.22 bits per heavy atom. The Morgan fingerprint density at radius 3 is 2.87 bits per heavy atom. The van der Waals surface area contributed by atoms with Crippen LogP contribution < -0.4 is 16.0 Å². The van der Waals surface area contributed by atoms with Gasteiger partial charge < -0.3 is 20.7 Å². The molecule has 1 aliphatic heterocycles. The maximum atomic E-state index is 11.9. The van der Waals surface area contributed by atoms with Gasteiger partial charge in [-0.1, -0.05) is 15.9 Å². The van der Waals surface area contributed by atoms with Crippen LogP contribution in [0.25, 0.3) is 0 Å². The molecule has 0 saturated carbocycles. The molecule has 1 heterocycles. The summed E-state index contributed by atoms with van der Waals surface area (Å²) in [4.78, 5) is 23.7. The van der Waals surface area contributed by atoms with Crippen LogP contribution in [0.3, 0.4) is 0 Å². The molecule has 126 valence electrons. The first-order chi connectivity index (χ1) is 11.0. The minimum Gasteiger partial charge on any atom is -0.376 e. The summed E-state index contributed by atoms with van der Waals surface area (Å²) in [5.41, 5.74) is 1.68. The van der Waals surface area contributed by atoms with Crippen LogP contribution in [-0.2, 0) is 9.53 Å². The molecule has 1 fully saturated rings. The molecule has 1 aromatic carbocycles. The second-order valence-electron chi connectivity index (χ2n) is 5.67. The van der Waals surface area contributed by atoms with Crippen LogP contribution in [0.1, 0.15) is 25.3 Å². The number of carbonyl (C=O) groups is 2. The second kappa shape index (κ2) is 8.31. The van der Waals surface area contributed by atoms with E-state index < -0.39 is 0 Å². The maximum absolute atomic E-state index is 11.9. The fourth-order valence-electron chi connectivity index (χ4n) is 2.47. The topological polar surface area (TPSA) is 79.5 Å². The number of nitrogens with one attached hydrogen (secondary N) is 3. The number of amides is 3. The van der Waals surface area contributed by atoms with Crippen molar-refractivity contribution in [1.29, 1.82) is 0 Å². The Kier molecular flexibility index (Phi) is 6.41. The van der Waals surface area contributed by atoms with E-state index in [0.717, 1.165) is 35.2 Å². The third kappa shape index (κ3) is 5.51. The van der Waals surface area contributed by atoms with E-state index in [2.05, 4.69) is 31.9 Å². The number of anilines is 1. The van der Waals surface area contributed by atoms with Gasteiger partial charge in [-0.3, -0.25) is 4.79 Å². The molecule has 0 spiro atoms. The average Bonchev–Trinajstić information content (AvgIpc) is 3.02. The van der Waals surface area contributed by atoms with Crippen LogP contribution >= 0.6 is 15.9 Å². The van der Waals surface area contributed by atoms with E-state index in [9.17, 15) is 9.59 Å². The maximum Gasteiger partial charge on any atom is 0.315 e. The highest BCUT2D eigenvalue weighted by Gasteiger charge is 2.23. The van der Waals surface area contributed by atoms with Gasteiger partial charge in [0.2, 0.25) is 5.91 Å². The van der Waals surface area contributed by atoms with Gasteiger partial charge in [0.15, 0.2) is 0 Å². The predicted octanol–water partition coefficient (Wildman–Crippen LogP) is 2.56. The third-order valence-electron chi connectivity index (χ3n) is 3.75. The summed E-state index contributed by atoms with van der Waals surface area (Å²) in [5.74, 6) is -0.268. The zero-order valence-corrected chi connectivity index (χ0v) is 14.9. The molecule has 7 heteroatoms. The van der Waals surface area contributed by atoms with Gasteiger partial charge >= 0.3 is 6.03 Å². The number of hydrogen-bond acceptors (Lipinski definition) is 3. The quantitative estimate of drug-likeness (QED) is 0.730. The van der Waals surface area contributed by atoms with Crippen molar-refractivity contribution in [3.8, 4) is 0 Å². The van der Waals surface area contributed by atoms with E-state index in [1.54, 1.807) is 0 Å². The lowest BCUT2D eigenvalue weighted by Crippen LogP contribution is -2.47. The van der Waals surface area contributed by atoms with E-state index >= 15 is 0 Å². The van der Waals surface area contributed by atoms with E-state index in [4.69, 9.17) is 4.74 Å². The lowest BCUT2D eigenvalue weighted by Gasteiger charge is -2.20. The molecule has 23 heavy (non-hydrogen) atoms. The normalized spacial score (nSPS) is 18.3. The molecule has 0 unspecified atom stereocenters. The molecule has 1 saturated heterocycles. The van der Waals surface area contributed by atoms with Crippen molar-refractivity contribution in [1.82, 2.24) is 10.6 Å². The minimum absolute atomic E-state index is 0.0555. The fourth-order valence-corrected chi connectivity index (χ4v) is 2.95. The van der Waals surface area contributed by atoms with Crippen molar-refractivity contribution >= 4 is 33.6 Å². The average molecular weight is 384 g/mol. The number of halogens is 1. The Labute approximate surface area is 144 Å². The third-order valence-corrected chi connectivity index (χ3v) is 4.25. The highest BCUT2D eigenvalue weighted by molar-refractivity contribution is 9.10. The van der Waals surface area contributed by atoms with Crippen molar-refractivity contribution in [2.75, 3.05) is 18.5 Å². The molecule has 0 aromatic heterocycles. The molecular weight excluding hydrogens is 362 g/mol. The Balaban J connectivity index is 1.74. The molecule has 0 aliphatic carbocycles. The van der Waals surface area contributed by atoms with E-state index in [1.807, 2.05) is 32.0 Å². The van der Waals surface area contributed by atoms with Gasteiger partial charge in [0.05, 0.1) is 18.7 Å². The number of aryl methyl sites for hydroxylation is 1. The first kappa shape index (κ1) is 17.7. The van der Waals surface area contributed by atoms with Crippen LogP contribution in [0.4, 0.5) is 10.5 Å². The number of hydrogen-bond donors (Lipinski definition) is 3. The highest BCUT2D eigenvalue weighted by atomic mass is 79.9. The molecule has 0 bridgehead atoms. The van der Waals surface area contributed by atoms with Crippen molar-refractivity contribution < 1.29 is 14.3 Å². The molecule has 2 rings (SSSR count). The summed E-state index contributed by atoms with van der Waals surface area (Å²) in [6, 6.07) is 5.15. The van der Waals surface area contributed by atoms with Gasteiger partial charge in [-0.25, -0.2) is 4.79 Å². The van der Waals surface area contributed by atoms with E-state index in [1.165, 1.54) is 0 Å². The molecule has 3 N–H and O–H groups in total. The van der Waals surface area contributed by atoms with E-state index in [-0.39, 0.29) is 30.6 Å². The number of ether oxygens (including phenoxy) is 1. The van der Waals surface area contributed by atoms with Crippen LogP contribution in [-0.4, -0.2) is 37.2 Å². The van der Waals surface area contributed by atoms with Gasteiger partial charge in [0, 0.05) is 16.8 Å². The number of rotatable bonds is 5. The van der Waals surface area contributed by atoms with Crippen LogP contribution in [0.5, 0.6) is 0 Å². The zero-order valence-electron chi connectivity index (χ0n) is 13.3. The summed E-state index contributed by atoms with van der Waals surface area (Å²) in [6.07, 6.45) is 2.03. The fraction of sp³-hybridized carbons (Fsp3) is 0.500. The van der Waals surface area contributed by atoms with Crippen molar-refractivity contribution in [3.63, 3.8) is 0 Å². The van der Waals surface area contributed by atoms with Crippen LogP contribution in [0, 0.1) is 6.92 Å². The minimum atomic E-state index is -0.365. The first-order valence-electron chi connectivity index (χ1n) is 7.67. The lowest BCUT2D eigenvalue weighted by atomic mass is 10.1. The van der Waals surface area contributed by atoms with Crippen molar-refractivity contribution in [2.45, 2.75) is 38.8 Å². The Morgan fingerprint density at radius 1 is 1.43 bits per heavy atom. The summed E-state index contributed by atoms with van der Waals surface area (Å²) in [7, 11) is 0. The molecule has 3 amide bonds. The number of carbonyl (C=O) groups excluding carboxylic acids is 2. The summed E-state index contributed by atoms with van der Waals surface area (Å²) in [5, 5.41) is 8.13. The van der Waals surface area contributed by atoms with Gasteiger partial charge in [-0.2, -0.15) is 0 Å². The van der Waals surface area contributed by atoms with Crippen LogP contribution in [0.15, 0.2) is 22.7 Å². The zero-order chi connectivity index (χ0) is 16.8. The predicted molar refractivity (Wildman–Crippen MR) is 92.5 cm³/mol. The largest absolute Gasteiger partial charge is 0.376 e. The first-order valence-corrected chi connectivity index (χ1v) is 8.47. The summed E-state index contributed by atoms with van der Waals surface area (Å²) in [6.45, 7) is 4.47. The molecule has 6 nitrogen and oxygen atoms in total. The summed E-state index contributed by atoms with van der Waals surface area (Å²) >= 11 is 3.37. The van der Waals surface area contributed by atoms with Gasteiger partial charge in [0.25, 0.3) is 0 Å². The highest BCUT2D eigenvalue weighted by Crippen LogP contribution is 2.19. The van der Waals surface area contributed by atoms with Crippen molar-refractivity contribution in [3.05, 3.63) is 28.2 Å². The SMILES string of the molecule is Cc1cc(Br)ccc1NC(=O)CNC(=O)N[C@H](C)[C@@H]1CCCO1. The molecule has 1 aliphatic rings.